The Balaban J connectivity index is 1.41. The number of hydrogen-bond donors (Lipinski definition) is 0. The molecule has 1 amide bonds. The highest BCUT2D eigenvalue weighted by atomic mass is 35.5. The normalized spacial score (nSPS) is 16.7. The van der Waals surface area contributed by atoms with Crippen LogP contribution < -0.4 is 9.47 Å². The van der Waals surface area contributed by atoms with E-state index < -0.39 is 20.6 Å². The second-order valence-corrected chi connectivity index (χ2v) is 9.63. The zero-order valence-electron chi connectivity index (χ0n) is 17.3. The summed E-state index contributed by atoms with van der Waals surface area (Å²) in [5, 5.41) is 11.6. The second-order valence-electron chi connectivity index (χ2n) is 7.31. The summed E-state index contributed by atoms with van der Waals surface area (Å²) in [6, 6.07) is 8.61. The number of rotatable bonds is 5. The number of piperazine rings is 1. The zero-order chi connectivity index (χ0) is 23.6. The van der Waals surface area contributed by atoms with E-state index >= 15 is 0 Å². The fraction of sp³-hybridized carbons (Fsp3) is 0.286. The lowest BCUT2D eigenvalue weighted by Gasteiger charge is -2.33. The highest BCUT2D eigenvalue weighted by Crippen LogP contribution is 2.38. The lowest BCUT2D eigenvalue weighted by atomic mass is 10.1. The van der Waals surface area contributed by atoms with Gasteiger partial charge in [0.25, 0.3) is 5.69 Å². The Kier molecular flexibility index (Phi) is 6.54. The summed E-state index contributed by atoms with van der Waals surface area (Å²) in [6.45, 7) is 1.21. The fourth-order valence-electron chi connectivity index (χ4n) is 3.61. The van der Waals surface area contributed by atoms with Gasteiger partial charge < -0.3 is 14.4 Å². The Hall–Kier alpha value is -3.15. The Morgan fingerprint density at radius 1 is 1.09 bits per heavy atom. The first-order valence-electron chi connectivity index (χ1n) is 10.1. The number of nitro benzene ring substituents is 1. The minimum Gasteiger partial charge on any atom is -0.486 e. The van der Waals surface area contributed by atoms with Gasteiger partial charge in [-0.3, -0.25) is 14.9 Å². The molecule has 0 bridgehead atoms. The maximum atomic E-state index is 12.9. The molecule has 4 rings (SSSR count). The second kappa shape index (κ2) is 9.38. The summed E-state index contributed by atoms with van der Waals surface area (Å²) in [4.78, 5) is 24.3. The topological polar surface area (TPSA) is 119 Å². The molecule has 0 unspecified atom stereocenters. The van der Waals surface area contributed by atoms with Crippen molar-refractivity contribution >= 4 is 39.3 Å². The van der Waals surface area contributed by atoms with Crippen LogP contribution in [0.4, 0.5) is 5.69 Å². The molecule has 2 aliphatic rings. The van der Waals surface area contributed by atoms with Gasteiger partial charge in [-0.25, -0.2) is 8.42 Å². The van der Waals surface area contributed by atoms with Crippen LogP contribution >= 0.6 is 11.6 Å². The minimum atomic E-state index is -4.06. The number of benzene rings is 2. The Morgan fingerprint density at radius 2 is 1.79 bits per heavy atom. The Bertz CT molecular complexity index is 1220. The van der Waals surface area contributed by atoms with Crippen LogP contribution in [-0.2, 0) is 14.8 Å². The molecule has 2 heterocycles. The average Bonchev–Trinajstić information content (AvgIpc) is 2.82. The third-order valence-corrected chi connectivity index (χ3v) is 7.49. The third kappa shape index (κ3) is 4.80. The molecule has 2 aromatic carbocycles. The van der Waals surface area contributed by atoms with E-state index in [0.29, 0.717) is 35.3 Å². The monoisotopic (exact) mass is 493 g/mol. The molecule has 0 aromatic heterocycles. The number of fused-ring (bicyclic) bond motifs is 1. The number of hydrogen-bond acceptors (Lipinski definition) is 7. The minimum absolute atomic E-state index is 0.0316. The predicted octanol–water partition coefficient (Wildman–Crippen LogP) is 2.57. The van der Waals surface area contributed by atoms with Gasteiger partial charge in [0, 0.05) is 38.3 Å². The highest BCUT2D eigenvalue weighted by Gasteiger charge is 2.34. The molecule has 0 aliphatic carbocycles. The molecular weight excluding hydrogens is 474 g/mol. The van der Waals surface area contributed by atoms with Crippen molar-refractivity contribution in [1.82, 2.24) is 9.21 Å². The quantitative estimate of drug-likeness (QED) is 0.356. The summed E-state index contributed by atoms with van der Waals surface area (Å²) >= 11 is 6.21. The fourth-order valence-corrected chi connectivity index (χ4v) is 5.47. The third-order valence-electron chi connectivity index (χ3n) is 5.27. The van der Waals surface area contributed by atoms with Crippen LogP contribution in [0.2, 0.25) is 5.02 Å². The van der Waals surface area contributed by atoms with Crippen molar-refractivity contribution in [3.05, 3.63) is 63.2 Å². The molecule has 2 aromatic rings. The van der Waals surface area contributed by atoms with Crippen molar-refractivity contribution in [2.75, 3.05) is 39.4 Å². The van der Waals surface area contributed by atoms with Gasteiger partial charge in [0.05, 0.1) is 9.95 Å². The van der Waals surface area contributed by atoms with Crippen LogP contribution in [0.15, 0.2) is 47.4 Å². The molecule has 33 heavy (non-hydrogen) atoms. The summed E-state index contributed by atoms with van der Waals surface area (Å²) in [6.07, 6.45) is 2.98. The smallest absolute Gasteiger partial charge is 0.289 e. The summed E-state index contributed by atoms with van der Waals surface area (Å²) in [5.41, 5.74) is 0.187. The van der Waals surface area contributed by atoms with Gasteiger partial charge in [0.1, 0.15) is 13.2 Å². The molecule has 0 N–H and O–H groups in total. The van der Waals surface area contributed by atoms with E-state index in [4.69, 9.17) is 21.1 Å². The Labute approximate surface area is 195 Å². The van der Waals surface area contributed by atoms with Crippen LogP contribution in [0.3, 0.4) is 0 Å². The molecule has 12 heteroatoms. The van der Waals surface area contributed by atoms with E-state index in [2.05, 4.69) is 0 Å². The first kappa shape index (κ1) is 23.0. The van der Waals surface area contributed by atoms with Crippen molar-refractivity contribution in [2.45, 2.75) is 4.90 Å². The SMILES string of the molecule is O=C(/C=C/c1cc(Cl)c2c(c1)OCCO2)N1CCN(S(=O)(=O)c2ccccc2[N+](=O)[O-])CC1. The van der Waals surface area contributed by atoms with Gasteiger partial charge in [-0.05, 0) is 29.8 Å². The van der Waals surface area contributed by atoms with Gasteiger partial charge in [-0.2, -0.15) is 4.31 Å². The molecule has 0 radical (unpaired) electrons. The number of para-hydroxylation sites is 1. The summed E-state index contributed by atoms with van der Waals surface area (Å²) in [5.74, 6) is 0.695. The molecule has 1 fully saturated rings. The zero-order valence-corrected chi connectivity index (χ0v) is 18.9. The lowest BCUT2D eigenvalue weighted by Crippen LogP contribution is -2.50. The highest BCUT2D eigenvalue weighted by molar-refractivity contribution is 7.89. The lowest BCUT2D eigenvalue weighted by molar-refractivity contribution is -0.387. The van der Waals surface area contributed by atoms with Crippen molar-refractivity contribution in [3.63, 3.8) is 0 Å². The first-order valence-corrected chi connectivity index (χ1v) is 11.9. The molecule has 0 atom stereocenters. The van der Waals surface area contributed by atoms with E-state index in [-0.39, 0.29) is 37.0 Å². The van der Waals surface area contributed by atoms with E-state index in [0.717, 1.165) is 10.4 Å². The Morgan fingerprint density at radius 3 is 2.52 bits per heavy atom. The van der Waals surface area contributed by atoms with E-state index in [1.165, 1.54) is 29.2 Å². The predicted molar refractivity (Wildman–Crippen MR) is 120 cm³/mol. The maximum Gasteiger partial charge on any atom is 0.289 e. The number of sulfonamides is 1. The number of carbonyl (C=O) groups is 1. The van der Waals surface area contributed by atoms with Crippen molar-refractivity contribution in [3.8, 4) is 11.5 Å². The molecule has 10 nitrogen and oxygen atoms in total. The van der Waals surface area contributed by atoms with E-state index in [9.17, 15) is 23.3 Å². The number of halogens is 1. The van der Waals surface area contributed by atoms with Gasteiger partial charge >= 0.3 is 0 Å². The average molecular weight is 494 g/mol. The molecule has 174 valence electrons. The molecule has 0 saturated carbocycles. The van der Waals surface area contributed by atoms with E-state index in [1.807, 2.05) is 0 Å². The van der Waals surface area contributed by atoms with Gasteiger partial charge in [-0.15, -0.1) is 0 Å². The van der Waals surface area contributed by atoms with Gasteiger partial charge in [0.2, 0.25) is 15.9 Å². The summed E-state index contributed by atoms with van der Waals surface area (Å²) in [7, 11) is -4.06. The first-order chi connectivity index (χ1) is 15.8. The number of carbonyl (C=O) groups excluding carboxylic acids is 1. The van der Waals surface area contributed by atoms with E-state index in [1.54, 1.807) is 18.2 Å². The molecular formula is C21H20ClN3O7S. The van der Waals surface area contributed by atoms with Gasteiger partial charge in [-0.1, -0.05) is 23.7 Å². The number of amides is 1. The van der Waals surface area contributed by atoms with Crippen molar-refractivity contribution in [1.29, 1.82) is 0 Å². The molecule has 1 saturated heterocycles. The maximum absolute atomic E-state index is 12.9. The standard InChI is InChI=1S/C21H20ClN3O7S/c22-16-13-15(14-18-21(16)32-12-11-31-18)5-6-20(26)23-7-9-24(10-8-23)33(29,30)19-4-2-1-3-17(19)25(27)28/h1-6,13-14H,7-12H2/b6-5+. The van der Waals surface area contributed by atoms with Crippen LogP contribution in [0, 0.1) is 10.1 Å². The van der Waals surface area contributed by atoms with Crippen LogP contribution in [0.5, 0.6) is 11.5 Å². The van der Waals surface area contributed by atoms with Crippen LogP contribution in [0.25, 0.3) is 6.08 Å². The molecule has 0 spiro atoms. The molecule has 2 aliphatic heterocycles. The van der Waals surface area contributed by atoms with Crippen LogP contribution in [0.1, 0.15) is 5.56 Å². The van der Waals surface area contributed by atoms with Crippen LogP contribution in [-0.4, -0.2) is 67.8 Å². The number of nitrogens with zero attached hydrogens (tertiary/aromatic N) is 3. The van der Waals surface area contributed by atoms with Crippen molar-refractivity contribution in [2.24, 2.45) is 0 Å². The number of ether oxygens (including phenoxy) is 2. The number of nitro groups is 1. The van der Waals surface area contributed by atoms with Gasteiger partial charge in [0.15, 0.2) is 16.4 Å². The summed E-state index contributed by atoms with van der Waals surface area (Å²) < 4.78 is 38.0. The largest absolute Gasteiger partial charge is 0.486 e. The van der Waals surface area contributed by atoms with Crippen molar-refractivity contribution < 1.29 is 27.6 Å².